The van der Waals surface area contributed by atoms with Gasteiger partial charge in [0.15, 0.2) is 0 Å². The second kappa shape index (κ2) is 10.5. The summed E-state index contributed by atoms with van der Waals surface area (Å²) in [4.78, 5) is 24.9. The van der Waals surface area contributed by atoms with Gasteiger partial charge in [-0.15, -0.1) is 0 Å². The van der Waals surface area contributed by atoms with Gasteiger partial charge >= 0.3 is 0 Å². The number of anilines is 1. The minimum Gasteiger partial charge on any atom is -0.412 e. The highest BCUT2D eigenvalue weighted by Gasteiger charge is 2.19. The number of halogens is 1. The molecule has 0 aromatic carbocycles. The summed E-state index contributed by atoms with van der Waals surface area (Å²) in [5.41, 5.74) is 13.2. The van der Waals surface area contributed by atoms with Crippen LogP contribution in [0.5, 0.6) is 0 Å². The van der Waals surface area contributed by atoms with Gasteiger partial charge in [-0.1, -0.05) is 0 Å². The number of nitrogen functional groups attached to an aromatic ring is 1. The summed E-state index contributed by atoms with van der Waals surface area (Å²) >= 11 is 0. The van der Waals surface area contributed by atoms with Gasteiger partial charge in [-0.25, -0.2) is 9.97 Å². The van der Waals surface area contributed by atoms with Crippen LogP contribution in [-0.2, 0) is 13.1 Å². The van der Waals surface area contributed by atoms with Crippen LogP contribution in [-0.4, -0.2) is 36.8 Å². The molecule has 0 bridgehead atoms. The quantitative estimate of drug-likeness (QED) is 0.438. The van der Waals surface area contributed by atoms with Gasteiger partial charge < -0.3 is 17.4 Å². The molecule has 34 heavy (non-hydrogen) atoms. The summed E-state index contributed by atoms with van der Waals surface area (Å²) in [6, 6.07) is 14.5. The Hall–Kier alpha value is -4.41. The summed E-state index contributed by atoms with van der Waals surface area (Å²) in [7, 11) is 0. The van der Waals surface area contributed by atoms with E-state index in [9.17, 15) is 4.39 Å². The van der Waals surface area contributed by atoms with E-state index in [0.29, 0.717) is 24.6 Å². The second-order valence-corrected chi connectivity index (χ2v) is 7.16. The lowest BCUT2D eigenvalue weighted by molar-refractivity contribution is 0.577. The fourth-order valence-electron chi connectivity index (χ4n) is 3.66. The van der Waals surface area contributed by atoms with Crippen LogP contribution in [0.1, 0.15) is 33.6 Å². The maximum Gasteiger partial charge on any atom is 0.213 e. The number of aromatic nitrogens is 4. The highest BCUT2D eigenvalue weighted by Crippen LogP contribution is 2.22. The van der Waals surface area contributed by atoms with Gasteiger partial charge in [0, 0.05) is 47.0 Å². The van der Waals surface area contributed by atoms with Gasteiger partial charge in [0.1, 0.15) is 5.82 Å². The zero-order valence-corrected chi connectivity index (χ0v) is 18.2. The molecule has 0 amide bonds. The Labute approximate surface area is 195 Å². The predicted molar refractivity (Wildman–Crippen MR) is 129 cm³/mol. The van der Waals surface area contributed by atoms with Gasteiger partial charge in [0.25, 0.3) is 0 Å². The van der Waals surface area contributed by atoms with Crippen LogP contribution in [0.15, 0.2) is 83.3 Å². The molecule has 4 aromatic heterocycles. The lowest BCUT2D eigenvalue weighted by Gasteiger charge is -2.03. The Morgan fingerprint density at radius 3 is 1.65 bits per heavy atom. The fraction of sp³-hybridized carbons (Fsp3) is 0.0833. The number of rotatable bonds is 2. The third kappa shape index (κ3) is 4.82. The van der Waals surface area contributed by atoms with Crippen LogP contribution in [0.2, 0.25) is 0 Å². The molecule has 0 saturated carbocycles. The Morgan fingerprint density at radius 2 is 1.12 bits per heavy atom. The first kappa shape index (κ1) is 24.2. The molecule has 0 saturated heterocycles. The lowest BCUT2D eigenvalue weighted by atomic mass is 10.0. The Morgan fingerprint density at radius 1 is 0.647 bits per heavy atom. The highest BCUT2D eigenvalue weighted by molar-refractivity contribution is 6.15. The van der Waals surface area contributed by atoms with Gasteiger partial charge in [-0.3, -0.25) is 20.0 Å². The van der Waals surface area contributed by atoms with E-state index >= 15 is 0 Å². The van der Waals surface area contributed by atoms with Gasteiger partial charge in [0.2, 0.25) is 5.95 Å². The van der Waals surface area contributed by atoms with Crippen LogP contribution in [0.3, 0.4) is 0 Å². The van der Waals surface area contributed by atoms with E-state index in [2.05, 4.69) is 29.9 Å². The maximum absolute atomic E-state index is 12.9. The molecule has 0 fully saturated rings. The summed E-state index contributed by atoms with van der Waals surface area (Å²) in [6.45, 7) is 1.06. The molecule has 4 aromatic rings. The Kier molecular flexibility index (Phi) is 7.46. The van der Waals surface area contributed by atoms with Crippen molar-refractivity contribution >= 4 is 17.2 Å². The predicted octanol–water partition coefficient (Wildman–Crippen LogP) is 2.71. The normalized spacial score (nSPS) is 12.6. The first-order valence-electron chi connectivity index (χ1n) is 10.0. The number of aliphatic imine (C=N–C) groups is 2. The lowest BCUT2D eigenvalue weighted by Crippen LogP contribution is -2.03. The van der Waals surface area contributed by atoms with E-state index in [0.717, 1.165) is 39.4 Å². The SMILES string of the molecule is Fc1ccc2c(n1)CN=C2c1ccncc1.N.Nc1ccc2c(n1)CN=C2c1ccncc1.O. The molecule has 6 rings (SSSR count). The number of fused-ring (bicyclic) bond motifs is 2. The van der Waals surface area contributed by atoms with E-state index < -0.39 is 5.95 Å². The molecule has 0 spiro atoms. The number of hydrogen-bond donors (Lipinski definition) is 2. The molecule has 9 nitrogen and oxygen atoms in total. The first-order chi connectivity index (χ1) is 15.7. The van der Waals surface area contributed by atoms with Crippen molar-refractivity contribution in [3.63, 3.8) is 0 Å². The van der Waals surface area contributed by atoms with Crippen molar-refractivity contribution in [2.45, 2.75) is 13.1 Å². The summed E-state index contributed by atoms with van der Waals surface area (Å²) in [5, 5.41) is 0. The van der Waals surface area contributed by atoms with Crippen molar-refractivity contribution in [3.8, 4) is 0 Å². The van der Waals surface area contributed by atoms with Crippen molar-refractivity contribution in [3.05, 3.63) is 113 Å². The van der Waals surface area contributed by atoms with Gasteiger partial charge in [-0.2, -0.15) is 4.39 Å². The van der Waals surface area contributed by atoms with E-state index in [1.54, 1.807) is 36.9 Å². The minimum atomic E-state index is -0.454. The van der Waals surface area contributed by atoms with Crippen LogP contribution in [0.4, 0.5) is 10.2 Å². The van der Waals surface area contributed by atoms with Crippen molar-refractivity contribution < 1.29 is 9.87 Å². The average molecular weight is 459 g/mol. The standard InChI is InChI=1S/C12H8FN3.C12H10N4.H3N.H2O/c2*13-11-2-1-9-10(16-11)7-15-12(9)8-3-5-14-6-4-8;;/h1-6H,7H2;1-6H,7H2,(H2,13,16);1H3;1H2. The molecular formula is C24H23FN8O. The van der Waals surface area contributed by atoms with E-state index in [-0.39, 0.29) is 11.6 Å². The maximum atomic E-state index is 12.9. The number of nitrogens with zero attached hydrogens (tertiary/aromatic N) is 6. The molecule has 2 aliphatic heterocycles. The third-order valence-electron chi connectivity index (χ3n) is 5.13. The number of pyridine rings is 4. The van der Waals surface area contributed by atoms with E-state index in [4.69, 9.17) is 5.73 Å². The van der Waals surface area contributed by atoms with Crippen LogP contribution in [0.25, 0.3) is 0 Å². The Balaban J connectivity index is 0.000000180. The van der Waals surface area contributed by atoms with E-state index in [1.807, 2.05) is 30.3 Å². The number of hydrogen-bond acceptors (Lipinski definition) is 8. The van der Waals surface area contributed by atoms with Crippen LogP contribution < -0.4 is 11.9 Å². The van der Waals surface area contributed by atoms with Crippen molar-refractivity contribution in [2.24, 2.45) is 9.98 Å². The van der Waals surface area contributed by atoms with Crippen molar-refractivity contribution in [1.29, 1.82) is 0 Å². The molecule has 0 radical (unpaired) electrons. The summed E-state index contributed by atoms with van der Waals surface area (Å²) in [6.07, 6.45) is 6.96. The molecule has 0 aliphatic carbocycles. The fourth-order valence-corrected chi connectivity index (χ4v) is 3.66. The van der Waals surface area contributed by atoms with Crippen molar-refractivity contribution in [2.75, 3.05) is 5.73 Å². The topological polar surface area (TPSA) is 169 Å². The average Bonchev–Trinajstić information content (AvgIpc) is 3.44. The second-order valence-electron chi connectivity index (χ2n) is 7.16. The largest absolute Gasteiger partial charge is 0.412 e. The Bertz CT molecular complexity index is 1240. The molecule has 2 aliphatic rings. The van der Waals surface area contributed by atoms with Crippen LogP contribution >= 0.6 is 0 Å². The molecule has 172 valence electrons. The smallest absolute Gasteiger partial charge is 0.213 e. The molecule has 6 heterocycles. The third-order valence-corrected chi connectivity index (χ3v) is 5.13. The molecular weight excluding hydrogens is 435 g/mol. The first-order valence-corrected chi connectivity index (χ1v) is 10.0. The monoisotopic (exact) mass is 458 g/mol. The number of nitrogens with two attached hydrogens (primary N) is 1. The van der Waals surface area contributed by atoms with Gasteiger partial charge in [-0.05, 0) is 48.5 Å². The summed E-state index contributed by atoms with van der Waals surface area (Å²) < 4.78 is 12.9. The zero-order valence-electron chi connectivity index (χ0n) is 18.2. The zero-order chi connectivity index (χ0) is 21.9. The highest BCUT2D eigenvalue weighted by atomic mass is 19.1. The van der Waals surface area contributed by atoms with Gasteiger partial charge in [0.05, 0.1) is 35.9 Å². The molecule has 10 heteroatoms. The molecule has 0 atom stereocenters. The van der Waals surface area contributed by atoms with E-state index in [1.165, 1.54) is 6.07 Å². The van der Waals surface area contributed by atoms with Crippen molar-refractivity contribution in [1.82, 2.24) is 26.1 Å². The molecule has 0 unspecified atom stereocenters. The summed E-state index contributed by atoms with van der Waals surface area (Å²) in [5.74, 6) is 0.0925. The molecule has 7 N–H and O–H groups in total. The van der Waals surface area contributed by atoms with Crippen LogP contribution in [0, 0.1) is 5.95 Å². The minimum absolute atomic E-state index is 0.